The highest BCUT2D eigenvalue weighted by Gasteiger charge is 2.32. The van der Waals surface area contributed by atoms with Crippen LogP contribution in [0.25, 0.3) is 0 Å². The van der Waals surface area contributed by atoms with Crippen molar-refractivity contribution in [3.63, 3.8) is 0 Å². The summed E-state index contributed by atoms with van der Waals surface area (Å²) in [4.78, 5) is 2.68. The van der Waals surface area contributed by atoms with Crippen molar-refractivity contribution in [3.8, 4) is 0 Å². The summed E-state index contributed by atoms with van der Waals surface area (Å²) in [5.74, 6) is 0. The molecule has 2 rings (SSSR count). The van der Waals surface area contributed by atoms with Gasteiger partial charge in [-0.25, -0.2) is 0 Å². The quantitative estimate of drug-likeness (QED) is 0.710. The third kappa shape index (κ3) is 2.92. The molecule has 15 heavy (non-hydrogen) atoms. The summed E-state index contributed by atoms with van der Waals surface area (Å²) < 4.78 is 5.13. The van der Waals surface area contributed by atoms with Gasteiger partial charge in [-0.2, -0.15) is 0 Å². The van der Waals surface area contributed by atoms with E-state index in [1.807, 2.05) is 0 Å². The smallest absolute Gasteiger partial charge is 0.0474 e. The molecule has 0 aromatic rings. The van der Waals surface area contributed by atoms with E-state index in [0.717, 1.165) is 18.7 Å². The van der Waals surface area contributed by atoms with Gasteiger partial charge in [0.2, 0.25) is 0 Å². The number of fused-ring (bicyclic) bond motifs is 1. The van der Waals surface area contributed by atoms with E-state index in [0.29, 0.717) is 0 Å². The predicted molar refractivity (Wildman–Crippen MR) is 62.1 cm³/mol. The summed E-state index contributed by atoms with van der Waals surface area (Å²) in [7, 11) is 1.79. The zero-order chi connectivity index (χ0) is 10.5. The maximum Gasteiger partial charge on any atom is 0.0474 e. The van der Waals surface area contributed by atoms with Gasteiger partial charge in [0.05, 0.1) is 0 Å². The molecule has 0 bridgehead atoms. The minimum Gasteiger partial charge on any atom is -0.385 e. The van der Waals surface area contributed by atoms with Crippen LogP contribution in [0.5, 0.6) is 0 Å². The maximum atomic E-state index is 5.13. The van der Waals surface area contributed by atoms with E-state index in [4.69, 9.17) is 4.74 Å². The normalized spacial score (nSPS) is 32.6. The minimum absolute atomic E-state index is 0.773. The average Bonchev–Trinajstić information content (AvgIpc) is 2.30. The van der Waals surface area contributed by atoms with Crippen LogP contribution in [0.3, 0.4) is 0 Å². The summed E-state index contributed by atoms with van der Waals surface area (Å²) in [6.07, 6.45) is 6.79. The molecule has 0 radical (unpaired) electrons. The lowest BCUT2D eigenvalue weighted by molar-refractivity contribution is 0.0772. The highest BCUT2D eigenvalue weighted by molar-refractivity contribution is 4.91. The van der Waals surface area contributed by atoms with Crippen molar-refractivity contribution in [1.82, 2.24) is 10.2 Å². The van der Waals surface area contributed by atoms with Gasteiger partial charge in [-0.05, 0) is 19.3 Å². The molecule has 1 aliphatic carbocycles. The Labute approximate surface area is 93.2 Å². The van der Waals surface area contributed by atoms with Crippen LogP contribution in [0.15, 0.2) is 0 Å². The molecular weight excluding hydrogens is 188 g/mol. The van der Waals surface area contributed by atoms with Crippen LogP contribution >= 0.6 is 0 Å². The third-order valence-corrected chi connectivity index (χ3v) is 3.80. The summed E-state index contributed by atoms with van der Waals surface area (Å²) in [5.41, 5.74) is 0. The molecule has 2 aliphatic rings. The van der Waals surface area contributed by atoms with Gasteiger partial charge in [0, 0.05) is 45.4 Å². The number of ether oxygens (including phenoxy) is 1. The van der Waals surface area contributed by atoms with Crippen LogP contribution in [0, 0.1) is 0 Å². The van der Waals surface area contributed by atoms with Gasteiger partial charge >= 0.3 is 0 Å². The average molecular weight is 212 g/mol. The Kier molecular flexibility index (Phi) is 4.42. The molecule has 88 valence electrons. The lowest BCUT2D eigenvalue weighted by Gasteiger charge is -2.44. The molecule has 2 fully saturated rings. The fraction of sp³-hybridized carbons (Fsp3) is 1.00. The number of hydrogen-bond acceptors (Lipinski definition) is 3. The first-order valence-electron chi connectivity index (χ1n) is 6.38. The van der Waals surface area contributed by atoms with Crippen LogP contribution in [0.4, 0.5) is 0 Å². The van der Waals surface area contributed by atoms with Crippen LogP contribution in [0.2, 0.25) is 0 Å². The second-order valence-electron chi connectivity index (χ2n) is 4.79. The van der Waals surface area contributed by atoms with Gasteiger partial charge in [-0.3, -0.25) is 4.90 Å². The number of nitrogens with zero attached hydrogens (tertiary/aromatic N) is 1. The molecular formula is C12H24N2O. The molecule has 0 unspecified atom stereocenters. The molecule has 0 amide bonds. The highest BCUT2D eigenvalue weighted by atomic mass is 16.5. The van der Waals surface area contributed by atoms with Crippen molar-refractivity contribution in [2.75, 3.05) is 33.4 Å². The number of methoxy groups -OCH3 is 1. The standard InChI is InChI=1S/C12H24N2O/c1-15-10-4-8-14-9-7-13-11-5-2-3-6-12(11)14/h11-13H,2-10H2,1H3/t11-,12-/m1/s1. The summed E-state index contributed by atoms with van der Waals surface area (Å²) >= 11 is 0. The van der Waals surface area contributed by atoms with Crippen molar-refractivity contribution in [3.05, 3.63) is 0 Å². The van der Waals surface area contributed by atoms with Gasteiger partial charge in [-0.1, -0.05) is 12.8 Å². The number of nitrogens with one attached hydrogen (secondary N) is 1. The van der Waals surface area contributed by atoms with Crippen molar-refractivity contribution in [2.45, 2.75) is 44.2 Å². The monoisotopic (exact) mass is 212 g/mol. The van der Waals surface area contributed by atoms with Gasteiger partial charge in [0.1, 0.15) is 0 Å². The maximum absolute atomic E-state index is 5.13. The second-order valence-corrected chi connectivity index (χ2v) is 4.79. The fourth-order valence-corrected chi connectivity index (χ4v) is 3.04. The largest absolute Gasteiger partial charge is 0.385 e. The van der Waals surface area contributed by atoms with Crippen molar-refractivity contribution in [2.24, 2.45) is 0 Å². The van der Waals surface area contributed by atoms with Crippen LogP contribution in [-0.4, -0.2) is 50.3 Å². The van der Waals surface area contributed by atoms with Crippen molar-refractivity contribution < 1.29 is 4.74 Å². The van der Waals surface area contributed by atoms with Crippen LogP contribution in [0.1, 0.15) is 32.1 Å². The van der Waals surface area contributed by atoms with E-state index >= 15 is 0 Å². The number of piperazine rings is 1. The van der Waals surface area contributed by atoms with E-state index in [1.54, 1.807) is 7.11 Å². The van der Waals surface area contributed by atoms with Crippen molar-refractivity contribution >= 4 is 0 Å². The van der Waals surface area contributed by atoms with E-state index in [9.17, 15) is 0 Å². The molecule has 1 heterocycles. The van der Waals surface area contributed by atoms with Crippen molar-refractivity contribution in [1.29, 1.82) is 0 Å². The Bertz CT molecular complexity index is 184. The van der Waals surface area contributed by atoms with Gasteiger partial charge in [-0.15, -0.1) is 0 Å². The highest BCUT2D eigenvalue weighted by Crippen LogP contribution is 2.25. The Hall–Kier alpha value is -0.120. The van der Waals surface area contributed by atoms with E-state index in [1.165, 1.54) is 51.7 Å². The predicted octanol–water partition coefficient (Wildman–Crippen LogP) is 1.24. The van der Waals surface area contributed by atoms with Gasteiger partial charge < -0.3 is 10.1 Å². The molecule has 1 saturated heterocycles. The Balaban J connectivity index is 1.81. The molecule has 0 aromatic carbocycles. The van der Waals surface area contributed by atoms with Crippen LogP contribution < -0.4 is 5.32 Å². The topological polar surface area (TPSA) is 24.5 Å². The van der Waals surface area contributed by atoms with E-state index < -0.39 is 0 Å². The number of hydrogen-bond donors (Lipinski definition) is 1. The molecule has 1 saturated carbocycles. The van der Waals surface area contributed by atoms with Crippen LogP contribution in [-0.2, 0) is 4.74 Å². The fourth-order valence-electron chi connectivity index (χ4n) is 3.04. The first-order chi connectivity index (χ1) is 7.42. The summed E-state index contributed by atoms with van der Waals surface area (Å²) in [6, 6.07) is 1.58. The summed E-state index contributed by atoms with van der Waals surface area (Å²) in [5, 5.41) is 3.67. The van der Waals surface area contributed by atoms with Gasteiger partial charge in [0.25, 0.3) is 0 Å². The Morgan fingerprint density at radius 1 is 1.33 bits per heavy atom. The Morgan fingerprint density at radius 3 is 3.07 bits per heavy atom. The molecule has 0 aromatic heterocycles. The van der Waals surface area contributed by atoms with Gasteiger partial charge in [0.15, 0.2) is 0 Å². The molecule has 3 heteroatoms. The first kappa shape index (κ1) is 11.4. The minimum atomic E-state index is 0.773. The molecule has 2 atom stereocenters. The Morgan fingerprint density at radius 2 is 2.20 bits per heavy atom. The number of rotatable bonds is 4. The molecule has 0 spiro atoms. The van der Waals surface area contributed by atoms with E-state index in [2.05, 4.69) is 10.2 Å². The lowest BCUT2D eigenvalue weighted by Crippen LogP contribution is -2.59. The molecule has 1 N–H and O–H groups in total. The summed E-state index contributed by atoms with van der Waals surface area (Å²) in [6.45, 7) is 4.52. The third-order valence-electron chi connectivity index (χ3n) is 3.80. The van der Waals surface area contributed by atoms with E-state index in [-0.39, 0.29) is 0 Å². The lowest BCUT2D eigenvalue weighted by atomic mass is 9.87. The first-order valence-corrected chi connectivity index (χ1v) is 6.38. The molecule has 3 nitrogen and oxygen atoms in total. The second kappa shape index (κ2) is 5.83. The molecule has 1 aliphatic heterocycles. The SMILES string of the molecule is COCCCN1CCN[C@@H]2CCCC[C@H]21. The zero-order valence-corrected chi connectivity index (χ0v) is 9.87. The zero-order valence-electron chi connectivity index (χ0n) is 9.87.